The van der Waals surface area contributed by atoms with Gasteiger partial charge in [-0.05, 0) is 49.8 Å². The summed E-state index contributed by atoms with van der Waals surface area (Å²) in [5.41, 5.74) is 4.88. The first-order valence-corrected chi connectivity index (χ1v) is 7.41. The first-order chi connectivity index (χ1) is 9.74. The maximum absolute atomic E-state index is 10.6. The molecule has 0 spiro atoms. The highest BCUT2D eigenvalue weighted by molar-refractivity contribution is 5.28. The molecule has 2 nitrogen and oxygen atoms in total. The average Bonchev–Trinajstić information content (AvgIpc) is 2.49. The van der Waals surface area contributed by atoms with E-state index < -0.39 is 0 Å². The Morgan fingerprint density at radius 2 is 2.05 bits per heavy atom. The van der Waals surface area contributed by atoms with Crippen molar-refractivity contribution in [3.05, 3.63) is 65.0 Å². The maximum Gasteiger partial charge on any atom is 0.0664 e. The molecule has 0 saturated heterocycles. The van der Waals surface area contributed by atoms with Crippen LogP contribution in [-0.2, 0) is 12.8 Å². The summed E-state index contributed by atoms with van der Waals surface area (Å²) in [4.78, 5) is 4.52. The molecule has 1 N–H and O–H groups in total. The maximum atomic E-state index is 10.6. The minimum atomic E-state index is -0.341. The van der Waals surface area contributed by atoms with E-state index in [0.717, 1.165) is 25.0 Å². The minimum absolute atomic E-state index is 0.182. The molecule has 1 aromatic heterocycles. The molecule has 0 aliphatic heterocycles. The van der Waals surface area contributed by atoms with Gasteiger partial charge in [-0.25, -0.2) is 0 Å². The van der Waals surface area contributed by atoms with Gasteiger partial charge in [-0.1, -0.05) is 35.9 Å². The fourth-order valence-corrected chi connectivity index (χ4v) is 3.13. The Bertz CT molecular complexity index is 576. The number of aromatic nitrogens is 1. The quantitative estimate of drug-likeness (QED) is 0.924. The topological polar surface area (TPSA) is 33.1 Å². The van der Waals surface area contributed by atoms with Crippen LogP contribution >= 0.6 is 0 Å². The van der Waals surface area contributed by atoms with Crippen molar-refractivity contribution in [2.24, 2.45) is 0 Å². The molecule has 3 rings (SSSR count). The number of nitrogens with zero attached hydrogens (tertiary/aromatic N) is 1. The summed E-state index contributed by atoms with van der Waals surface area (Å²) in [5, 5.41) is 10.6. The van der Waals surface area contributed by atoms with Crippen molar-refractivity contribution in [3.63, 3.8) is 0 Å². The van der Waals surface area contributed by atoms with Gasteiger partial charge in [-0.15, -0.1) is 0 Å². The van der Waals surface area contributed by atoms with E-state index in [1.807, 2.05) is 12.3 Å². The molecule has 0 fully saturated rings. The van der Waals surface area contributed by atoms with Crippen LogP contribution in [0.25, 0.3) is 0 Å². The highest BCUT2D eigenvalue weighted by Gasteiger charge is 2.27. The zero-order valence-electron chi connectivity index (χ0n) is 11.9. The lowest BCUT2D eigenvalue weighted by Crippen LogP contribution is -2.25. The Labute approximate surface area is 120 Å². The molecular weight excluding hydrogens is 246 g/mol. The normalized spacial score (nSPS) is 19.4. The molecule has 104 valence electrons. The summed E-state index contributed by atoms with van der Waals surface area (Å²) < 4.78 is 0. The van der Waals surface area contributed by atoms with Crippen LogP contribution < -0.4 is 0 Å². The molecule has 2 heteroatoms. The van der Waals surface area contributed by atoms with Crippen LogP contribution in [0.1, 0.15) is 41.1 Å². The number of rotatable bonds is 3. The molecule has 1 aliphatic rings. The number of aryl methyl sites for hydroxylation is 2. The summed E-state index contributed by atoms with van der Waals surface area (Å²) in [6, 6.07) is 12.6. The molecule has 0 bridgehead atoms. The van der Waals surface area contributed by atoms with Crippen LogP contribution in [0.5, 0.6) is 0 Å². The van der Waals surface area contributed by atoms with E-state index in [2.05, 4.69) is 42.2 Å². The number of hydrogen-bond donors (Lipinski definition) is 1. The summed E-state index contributed by atoms with van der Waals surface area (Å²) in [6.07, 6.45) is 5.49. The van der Waals surface area contributed by atoms with E-state index in [1.54, 1.807) is 0 Å². The fraction of sp³-hybridized carbons (Fsp3) is 0.389. The second kappa shape index (κ2) is 5.76. The Balaban J connectivity index is 1.78. The zero-order chi connectivity index (χ0) is 13.9. The molecule has 2 unspecified atom stereocenters. The van der Waals surface area contributed by atoms with Crippen LogP contribution in [0.15, 0.2) is 42.6 Å². The van der Waals surface area contributed by atoms with E-state index in [0.29, 0.717) is 6.42 Å². The van der Waals surface area contributed by atoms with Crippen LogP contribution in [0.3, 0.4) is 0 Å². The van der Waals surface area contributed by atoms with E-state index in [9.17, 15) is 5.11 Å². The van der Waals surface area contributed by atoms with Crippen molar-refractivity contribution in [2.75, 3.05) is 0 Å². The Morgan fingerprint density at radius 1 is 1.25 bits per heavy atom. The molecule has 1 aromatic carbocycles. The molecule has 20 heavy (non-hydrogen) atoms. The van der Waals surface area contributed by atoms with Gasteiger partial charge in [0.15, 0.2) is 0 Å². The SMILES string of the molecule is Cc1ccc(CC(O)C2CCCc3cccnc32)cc1. The predicted octanol–water partition coefficient (Wildman–Crippen LogP) is 3.41. The smallest absolute Gasteiger partial charge is 0.0664 e. The first-order valence-electron chi connectivity index (χ1n) is 7.41. The lowest BCUT2D eigenvalue weighted by Gasteiger charge is -2.28. The second-order valence-corrected chi connectivity index (χ2v) is 5.80. The zero-order valence-corrected chi connectivity index (χ0v) is 11.9. The van der Waals surface area contributed by atoms with Gasteiger partial charge in [0, 0.05) is 17.8 Å². The lowest BCUT2D eigenvalue weighted by atomic mass is 9.81. The van der Waals surface area contributed by atoms with Crippen molar-refractivity contribution in [1.82, 2.24) is 4.98 Å². The van der Waals surface area contributed by atoms with Gasteiger partial charge < -0.3 is 5.11 Å². The van der Waals surface area contributed by atoms with Gasteiger partial charge >= 0.3 is 0 Å². The molecule has 0 radical (unpaired) electrons. The monoisotopic (exact) mass is 267 g/mol. The first kappa shape index (κ1) is 13.3. The van der Waals surface area contributed by atoms with Crippen molar-refractivity contribution in [1.29, 1.82) is 0 Å². The lowest BCUT2D eigenvalue weighted by molar-refractivity contribution is 0.132. The summed E-state index contributed by atoms with van der Waals surface area (Å²) >= 11 is 0. The van der Waals surface area contributed by atoms with Crippen molar-refractivity contribution in [2.45, 2.75) is 44.6 Å². The van der Waals surface area contributed by atoms with E-state index in [4.69, 9.17) is 0 Å². The van der Waals surface area contributed by atoms with Gasteiger partial charge in [0.2, 0.25) is 0 Å². The summed E-state index contributed by atoms with van der Waals surface area (Å²) in [7, 11) is 0. The standard InChI is InChI=1S/C18H21NO/c1-13-7-9-14(10-8-13)12-17(20)16-6-2-4-15-5-3-11-19-18(15)16/h3,5,7-11,16-17,20H,2,4,6,12H2,1H3. The molecule has 0 saturated carbocycles. The Morgan fingerprint density at radius 3 is 2.85 bits per heavy atom. The van der Waals surface area contributed by atoms with Gasteiger partial charge in [0.25, 0.3) is 0 Å². The molecule has 1 heterocycles. The third-order valence-corrected chi connectivity index (χ3v) is 4.27. The minimum Gasteiger partial charge on any atom is -0.392 e. The molecule has 0 amide bonds. The molecule has 1 aliphatic carbocycles. The van der Waals surface area contributed by atoms with Crippen molar-refractivity contribution < 1.29 is 5.11 Å². The number of pyridine rings is 1. The van der Waals surface area contributed by atoms with E-state index in [-0.39, 0.29) is 12.0 Å². The van der Waals surface area contributed by atoms with Gasteiger partial charge in [0.05, 0.1) is 6.10 Å². The third kappa shape index (κ3) is 2.75. The van der Waals surface area contributed by atoms with Crippen LogP contribution in [0.2, 0.25) is 0 Å². The number of aliphatic hydroxyl groups is 1. The van der Waals surface area contributed by atoms with E-state index >= 15 is 0 Å². The number of aliphatic hydroxyl groups excluding tert-OH is 1. The highest BCUT2D eigenvalue weighted by Crippen LogP contribution is 2.33. The number of benzene rings is 1. The Kier molecular flexibility index (Phi) is 3.83. The Hall–Kier alpha value is -1.67. The van der Waals surface area contributed by atoms with Crippen LogP contribution in [0.4, 0.5) is 0 Å². The van der Waals surface area contributed by atoms with Gasteiger partial charge in [0.1, 0.15) is 0 Å². The largest absolute Gasteiger partial charge is 0.392 e. The van der Waals surface area contributed by atoms with E-state index in [1.165, 1.54) is 16.7 Å². The predicted molar refractivity (Wildman–Crippen MR) is 80.8 cm³/mol. The van der Waals surface area contributed by atoms with Crippen LogP contribution in [0, 0.1) is 6.92 Å². The second-order valence-electron chi connectivity index (χ2n) is 5.80. The average molecular weight is 267 g/mol. The number of hydrogen-bond acceptors (Lipinski definition) is 2. The fourth-order valence-electron chi connectivity index (χ4n) is 3.13. The van der Waals surface area contributed by atoms with Crippen molar-refractivity contribution in [3.8, 4) is 0 Å². The van der Waals surface area contributed by atoms with Gasteiger partial charge in [-0.2, -0.15) is 0 Å². The highest BCUT2D eigenvalue weighted by atomic mass is 16.3. The van der Waals surface area contributed by atoms with Crippen molar-refractivity contribution >= 4 is 0 Å². The summed E-state index contributed by atoms with van der Waals surface area (Å²) in [5.74, 6) is 0.182. The molecule has 2 atom stereocenters. The number of fused-ring (bicyclic) bond motifs is 1. The summed E-state index contributed by atoms with van der Waals surface area (Å²) in [6.45, 7) is 2.08. The van der Waals surface area contributed by atoms with Crippen LogP contribution in [-0.4, -0.2) is 16.2 Å². The molecule has 2 aromatic rings. The molecular formula is C18H21NO. The van der Waals surface area contributed by atoms with Gasteiger partial charge in [-0.3, -0.25) is 4.98 Å². The third-order valence-electron chi connectivity index (χ3n) is 4.27.